The number of carbonyl (C=O) groups excluding carboxylic acids is 1. The average molecular weight is 282 g/mol. The predicted octanol–water partition coefficient (Wildman–Crippen LogP) is 1.81. The van der Waals surface area contributed by atoms with E-state index in [2.05, 4.69) is 17.6 Å². The van der Waals surface area contributed by atoms with Gasteiger partial charge in [-0.15, -0.1) is 0 Å². The van der Waals surface area contributed by atoms with Crippen LogP contribution in [0.25, 0.3) is 0 Å². The van der Waals surface area contributed by atoms with Gasteiger partial charge in [0.1, 0.15) is 6.61 Å². The first kappa shape index (κ1) is 14.6. The summed E-state index contributed by atoms with van der Waals surface area (Å²) in [5.41, 5.74) is 0.760. The van der Waals surface area contributed by atoms with Crippen molar-refractivity contribution in [3.63, 3.8) is 0 Å². The van der Waals surface area contributed by atoms with E-state index in [1.54, 1.807) is 6.07 Å². The number of halogens is 1. The van der Waals surface area contributed by atoms with Crippen LogP contribution in [0, 0.1) is 5.82 Å². The first-order valence-corrected chi connectivity index (χ1v) is 6.76. The molecule has 0 bridgehead atoms. The fourth-order valence-corrected chi connectivity index (χ4v) is 1.96. The fourth-order valence-electron chi connectivity index (χ4n) is 1.96. The van der Waals surface area contributed by atoms with Gasteiger partial charge < -0.3 is 20.1 Å². The number of rotatable bonds is 7. The zero-order valence-corrected chi connectivity index (χ0v) is 11.4. The normalized spacial score (nSPS) is 17.7. The number of alkyl carbamates (subject to hydrolysis) is 1. The van der Waals surface area contributed by atoms with Crippen LogP contribution in [0.15, 0.2) is 18.2 Å². The zero-order chi connectivity index (χ0) is 14.4. The van der Waals surface area contributed by atoms with Gasteiger partial charge in [-0.2, -0.15) is 0 Å². The lowest BCUT2D eigenvalue weighted by Gasteiger charge is -2.15. The quantitative estimate of drug-likeness (QED) is 0.749. The molecular weight excluding hydrogens is 263 g/mol. The highest BCUT2D eigenvalue weighted by molar-refractivity contribution is 5.69. The van der Waals surface area contributed by atoms with Gasteiger partial charge in [0.15, 0.2) is 17.7 Å². The van der Waals surface area contributed by atoms with Gasteiger partial charge in [-0.05, 0) is 19.0 Å². The molecule has 1 saturated heterocycles. The van der Waals surface area contributed by atoms with Crippen LogP contribution in [-0.2, 0) is 11.3 Å². The summed E-state index contributed by atoms with van der Waals surface area (Å²) in [6.45, 7) is 4.00. The maximum absolute atomic E-state index is 13.8. The summed E-state index contributed by atoms with van der Waals surface area (Å²) in [5, 5.41) is 5.74. The number of ether oxygens (including phenoxy) is 2. The van der Waals surface area contributed by atoms with Gasteiger partial charge in [-0.1, -0.05) is 19.1 Å². The Balaban J connectivity index is 1.96. The standard InChI is InChI=1S/C14H19FN2O3/c1-2-6-16-7-10-4-3-5-12(15)13(10)19-9-11-8-17-14(18)20-11/h3-5,11,16H,2,6-9H2,1H3,(H,17,18). The summed E-state index contributed by atoms with van der Waals surface area (Å²) in [6.07, 6.45) is 0.172. The average Bonchev–Trinajstić information content (AvgIpc) is 2.84. The van der Waals surface area contributed by atoms with E-state index in [1.807, 2.05) is 6.07 Å². The van der Waals surface area contributed by atoms with E-state index >= 15 is 0 Å². The summed E-state index contributed by atoms with van der Waals surface area (Å²) in [5.74, 6) is -0.183. The van der Waals surface area contributed by atoms with Crippen molar-refractivity contribution in [1.82, 2.24) is 10.6 Å². The first-order chi connectivity index (χ1) is 9.70. The first-order valence-electron chi connectivity index (χ1n) is 6.76. The van der Waals surface area contributed by atoms with Crippen molar-refractivity contribution < 1.29 is 18.7 Å². The molecule has 6 heteroatoms. The van der Waals surface area contributed by atoms with Gasteiger partial charge in [0.25, 0.3) is 0 Å². The molecule has 0 saturated carbocycles. The summed E-state index contributed by atoms with van der Waals surface area (Å²) in [7, 11) is 0. The lowest BCUT2D eigenvalue weighted by molar-refractivity contribution is 0.103. The van der Waals surface area contributed by atoms with Gasteiger partial charge >= 0.3 is 6.09 Å². The van der Waals surface area contributed by atoms with Crippen LogP contribution < -0.4 is 15.4 Å². The number of nitrogens with one attached hydrogen (secondary N) is 2. The third kappa shape index (κ3) is 3.84. The minimum absolute atomic E-state index is 0.139. The van der Waals surface area contributed by atoms with Crippen molar-refractivity contribution in [2.24, 2.45) is 0 Å². The summed E-state index contributed by atoms with van der Waals surface area (Å²) < 4.78 is 24.3. The van der Waals surface area contributed by atoms with Crippen LogP contribution in [0.1, 0.15) is 18.9 Å². The molecule has 0 spiro atoms. The Morgan fingerprint density at radius 1 is 1.55 bits per heavy atom. The highest BCUT2D eigenvalue weighted by Gasteiger charge is 2.23. The van der Waals surface area contributed by atoms with Gasteiger partial charge in [0.2, 0.25) is 0 Å². The largest absolute Gasteiger partial charge is 0.486 e. The van der Waals surface area contributed by atoms with Crippen LogP contribution in [0.4, 0.5) is 9.18 Å². The van der Waals surface area contributed by atoms with Crippen LogP contribution in [0.2, 0.25) is 0 Å². The highest BCUT2D eigenvalue weighted by Crippen LogP contribution is 2.23. The van der Waals surface area contributed by atoms with E-state index in [0.717, 1.165) is 18.5 Å². The van der Waals surface area contributed by atoms with Gasteiger partial charge in [0, 0.05) is 12.1 Å². The molecule has 1 amide bonds. The molecule has 2 N–H and O–H groups in total. The molecule has 1 atom stereocenters. The third-order valence-corrected chi connectivity index (χ3v) is 2.95. The molecule has 1 aliphatic rings. The predicted molar refractivity (Wildman–Crippen MR) is 72.2 cm³/mol. The third-order valence-electron chi connectivity index (χ3n) is 2.95. The number of para-hydroxylation sites is 1. The molecule has 0 radical (unpaired) electrons. The van der Waals surface area contributed by atoms with Crippen molar-refractivity contribution in [2.75, 3.05) is 19.7 Å². The number of amides is 1. The molecule has 0 aliphatic carbocycles. The van der Waals surface area contributed by atoms with Crippen molar-refractivity contribution in [3.05, 3.63) is 29.6 Å². The second kappa shape index (κ2) is 7.09. The van der Waals surface area contributed by atoms with Gasteiger partial charge in [-0.25, -0.2) is 9.18 Å². The van der Waals surface area contributed by atoms with Gasteiger partial charge in [0.05, 0.1) is 6.54 Å². The minimum Gasteiger partial charge on any atom is -0.486 e. The topological polar surface area (TPSA) is 59.6 Å². The maximum Gasteiger partial charge on any atom is 0.407 e. The highest BCUT2D eigenvalue weighted by atomic mass is 19.1. The van der Waals surface area contributed by atoms with Crippen LogP contribution in [0.3, 0.4) is 0 Å². The number of hydrogen-bond acceptors (Lipinski definition) is 4. The number of cyclic esters (lactones) is 1. The Morgan fingerprint density at radius 3 is 3.10 bits per heavy atom. The van der Waals surface area contributed by atoms with Crippen LogP contribution in [0.5, 0.6) is 5.75 Å². The molecule has 1 aromatic carbocycles. The molecular formula is C14H19FN2O3. The smallest absolute Gasteiger partial charge is 0.407 e. The van der Waals surface area contributed by atoms with Crippen LogP contribution >= 0.6 is 0 Å². The van der Waals surface area contributed by atoms with E-state index in [4.69, 9.17) is 9.47 Å². The molecule has 1 fully saturated rings. The molecule has 1 aromatic rings. The Kier molecular flexibility index (Phi) is 5.17. The summed E-state index contributed by atoms with van der Waals surface area (Å²) in [4.78, 5) is 10.9. The molecule has 0 aromatic heterocycles. The molecule has 2 rings (SSSR count). The Labute approximate surface area is 117 Å². The second-order valence-corrected chi connectivity index (χ2v) is 4.62. The lowest BCUT2D eigenvalue weighted by Crippen LogP contribution is -2.23. The van der Waals surface area contributed by atoms with Crippen LogP contribution in [-0.4, -0.2) is 31.9 Å². The summed E-state index contributed by atoms with van der Waals surface area (Å²) >= 11 is 0. The second-order valence-electron chi connectivity index (χ2n) is 4.62. The molecule has 1 unspecified atom stereocenters. The molecule has 1 aliphatic heterocycles. The van der Waals surface area contributed by atoms with Crippen molar-refractivity contribution >= 4 is 6.09 Å². The minimum atomic E-state index is -0.461. The van der Waals surface area contributed by atoms with Crippen molar-refractivity contribution in [3.8, 4) is 5.75 Å². The zero-order valence-electron chi connectivity index (χ0n) is 11.4. The van der Waals surface area contributed by atoms with E-state index in [1.165, 1.54) is 6.07 Å². The van der Waals surface area contributed by atoms with E-state index in [9.17, 15) is 9.18 Å². The van der Waals surface area contributed by atoms with E-state index in [-0.39, 0.29) is 18.5 Å². The lowest BCUT2D eigenvalue weighted by atomic mass is 10.2. The summed E-state index contributed by atoms with van der Waals surface area (Å²) in [6, 6.07) is 4.83. The monoisotopic (exact) mass is 282 g/mol. The Morgan fingerprint density at radius 2 is 2.40 bits per heavy atom. The molecule has 20 heavy (non-hydrogen) atoms. The van der Waals surface area contributed by atoms with Crippen molar-refractivity contribution in [2.45, 2.75) is 26.0 Å². The Hall–Kier alpha value is -1.82. The molecule has 110 valence electrons. The Bertz CT molecular complexity index is 468. The van der Waals surface area contributed by atoms with Gasteiger partial charge in [-0.3, -0.25) is 0 Å². The number of benzene rings is 1. The molecule has 5 nitrogen and oxygen atoms in total. The van der Waals surface area contributed by atoms with E-state index < -0.39 is 11.9 Å². The number of hydrogen-bond donors (Lipinski definition) is 2. The molecule has 1 heterocycles. The maximum atomic E-state index is 13.8. The SMILES string of the molecule is CCCNCc1cccc(F)c1OCC1CNC(=O)O1. The van der Waals surface area contributed by atoms with E-state index in [0.29, 0.717) is 13.1 Å². The van der Waals surface area contributed by atoms with Crippen molar-refractivity contribution in [1.29, 1.82) is 0 Å². The number of carbonyl (C=O) groups is 1. The fraction of sp³-hybridized carbons (Fsp3) is 0.500.